The first-order chi connectivity index (χ1) is 5.63. The fourth-order valence-corrected chi connectivity index (χ4v) is 0.915. The fourth-order valence-electron chi connectivity index (χ4n) is 0.915. The Morgan fingerprint density at radius 1 is 1.67 bits per heavy atom. The van der Waals surface area contributed by atoms with Crippen LogP contribution in [0.4, 0.5) is 0 Å². The molecule has 1 atom stereocenters. The van der Waals surface area contributed by atoms with Gasteiger partial charge < -0.3 is 10.6 Å². The zero-order valence-corrected chi connectivity index (χ0v) is 8.21. The molecule has 2 heteroatoms. The highest BCUT2D eigenvalue weighted by Gasteiger charge is 2.07. The lowest BCUT2D eigenvalue weighted by molar-refractivity contribution is 0.320. The molecule has 0 aliphatic rings. The van der Waals surface area contributed by atoms with Crippen LogP contribution < -0.4 is 5.73 Å². The number of rotatable bonds is 6. The molecule has 0 aromatic rings. The molecule has 0 amide bonds. The third-order valence-electron chi connectivity index (χ3n) is 2.14. The summed E-state index contributed by atoms with van der Waals surface area (Å²) in [6.07, 6.45) is 3.87. The minimum Gasteiger partial charge on any atom is -0.374 e. The van der Waals surface area contributed by atoms with Crippen molar-refractivity contribution in [2.24, 2.45) is 5.73 Å². The van der Waals surface area contributed by atoms with Crippen LogP contribution in [0.3, 0.4) is 0 Å². The summed E-state index contributed by atoms with van der Waals surface area (Å²) >= 11 is 0. The molecule has 2 N–H and O–H groups in total. The van der Waals surface area contributed by atoms with E-state index in [1.807, 2.05) is 13.1 Å². The highest BCUT2D eigenvalue weighted by molar-refractivity contribution is 4.96. The molecule has 0 aromatic carbocycles. The first-order valence-electron chi connectivity index (χ1n) is 4.35. The summed E-state index contributed by atoms with van der Waals surface area (Å²) in [6.45, 7) is 10.4. The molecule has 1 unspecified atom stereocenters. The number of likely N-dealkylation sites (N-methyl/N-ethyl adjacent to an activating group) is 1. The van der Waals surface area contributed by atoms with Gasteiger partial charge in [0.05, 0.1) is 0 Å². The van der Waals surface area contributed by atoms with Crippen LogP contribution in [-0.4, -0.2) is 24.5 Å². The van der Waals surface area contributed by atoms with Crippen LogP contribution >= 0.6 is 0 Å². The standard InChI is InChI=1S/C10H20N2/c1-5-6-7-9(2)12(4)10(3)8-11/h5,10H,1-2,6-8,11H2,3-4H3. The maximum atomic E-state index is 5.54. The van der Waals surface area contributed by atoms with E-state index >= 15 is 0 Å². The smallest absolute Gasteiger partial charge is 0.0377 e. The minimum atomic E-state index is 0.377. The summed E-state index contributed by atoms with van der Waals surface area (Å²) in [4.78, 5) is 2.13. The molecule has 0 fully saturated rings. The number of nitrogens with zero attached hydrogens (tertiary/aromatic N) is 1. The van der Waals surface area contributed by atoms with E-state index in [1.54, 1.807) is 0 Å². The normalized spacial score (nSPS) is 12.2. The zero-order valence-electron chi connectivity index (χ0n) is 8.21. The van der Waals surface area contributed by atoms with Crippen molar-refractivity contribution in [1.29, 1.82) is 0 Å². The van der Waals surface area contributed by atoms with E-state index in [4.69, 9.17) is 5.73 Å². The average Bonchev–Trinajstić information content (AvgIpc) is 2.11. The Kier molecular flexibility index (Phi) is 5.47. The van der Waals surface area contributed by atoms with Gasteiger partial charge in [-0.25, -0.2) is 0 Å². The molecule has 0 aliphatic heterocycles. The third kappa shape index (κ3) is 3.58. The van der Waals surface area contributed by atoms with Crippen molar-refractivity contribution < 1.29 is 0 Å². The summed E-state index contributed by atoms with van der Waals surface area (Å²) in [6, 6.07) is 0.377. The molecule has 0 spiro atoms. The molecule has 0 rings (SSSR count). The van der Waals surface area contributed by atoms with E-state index in [0.717, 1.165) is 18.5 Å². The Morgan fingerprint density at radius 2 is 2.25 bits per heavy atom. The Labute approximate surface area is 75.7 Å². The van der Waals surface area contributed by atoms with Crippen molar-refractivity contribution in [3.63, 3.8) is 0 Å². The average molecular weight is 168 g/mol. The molecule has 0 saturated carbocycles. The highest BCUT2D eigenvalue weighted by Crippen LogP contribution is 2.09. The maximum absolute atomic E-state index is 5.54. The third-order valence-corrected chi connectivity index (χ3v) is 2.14. The van der Waals surface area contributed by atoms with Gasteiger partial charge in [0.1, 0.15) is 0 Å². The van der Waals surface area contributed by atoms with Crippen LogP contribution in [0, 0.1) is 0 Å². The van der Waals surface area contributed by atoms with Gasteiger partial charge in [0.15, 0.2) is 0 Å². The van der Waals surface area contributed by atoms with E-state index in [1.165, 1.54) is 0 Å². The Bertz CT molecular complexity index is 152. The number of hydrogen-bond donors (Lipinski definition) is 1. The number of nitrogens with two attached hydrogens (primary N) is 1. The minimum absolute atomic E-state index is 0.377. The summed E-state index contributed by atoms with van der Waals surface area (Å²) in [5, 5.41) is 0. The molecule has 0 heterocycles. The summed E-state index contributed by atoms with van der Waals surface area (Å²) in [5.74, 6) is 0. The number of hydrogen-bond acceptors (Lipinski definition) is 2. The van der Waals surface area contributed by atoms with E-state index in [9.17, 15) is 0 Å². The lowest BCUT2D eigenvalue weighted by Gasteiger charge is -2.27. The van der Waals surface area contributed by atoms with Crippen molar-refractivity contribution in [2.45, 2.75) is 25.8 Å². The van der Waals surface area contributed by atoms with Crippen molar-refractivity contribution in [3.05, 3.63) is 24.9 Å². The van der Waals surface area contributed by atoms with Gasteiger partial charge in [-0.05, 0) is 19.8 Å². The van der Waals surface area contributed by atoms with Gasteiger partial charge >= 0.3 is 0 Å². The lowest BCUT2D eigenvalue weighted by Crippen LogP contribution is -2.34. The van der Waals surface area contributed by atoms with Gasteiger partial charge in [-0.1, -0.05) is 12.7 Å². The van der Waals surface area contributed by atoms with E-state index in [2.05, 4.69) is 25.0 Å². The molecule has 2 nitrogen and oxygen atoms in total. The second kappa shape index (κ2) is 5.84. The molecule has 0 radical (unpaired) electrons. The SMILES string of the molecule is C=CCCC(=C)N(C)C(C)CN. The van der Waals surface area contributed by atoms with Gasteiger partial charge in [0, 0.05) is 25.3 Å². The predicted octanol–water partition coefficient (Wildman–Crippen LogP) is 1.75. The van der Waals surface area contributed by atoms with Crippen LogP contribution in [-0.2, 0) is 0 Å². The number of allylic oxidation sites excluding steroid dienone is 2. The summed E-state index contributed by atoms with van der Waals surface area (Å²) in [7, 11) is 2.03. The molecule has 0 aliphatic carbocycles. The molecular formula is C10H20N2. The summed E-state index contributed by atoms with van der Waals surface area (Å²) in [5.41, 5.74) is 6.67. The van der Waals surface area contributed by atoms with Crippen LogP contribution in [0.15, 0.2) is 24.9 Å². The predicted molar refractivity (Wildman–Crippen MR) is 54.9 cm³/mol. The second-order valence-electron chi connectivity index (χ2n) is 3.09. The van der Waals surface area contributed by atoms with Crippen molar-refractivity contribution in [3.8, 4) is 0 Å². The van der Waals surface area contributed by atoms with Gasteiger partial charge in [-0.2, -0.15) is 0 Å². The van der Waals surface area contributed by atoms with Crippen LogP contribution in [0.2, 0.25) is 0 Å². The Morgan fingerprint density at radius 3 is 2.67 bits per heavy atom. The monoisotopic (exact) mass is 168 g/mol. The van der Waals surface area contributed by atoms with E-state index < -0.39 is 0 Å². The topological polar surface area (TPSA) is 29.3 Å². The quantitative estimate of drug-likeness (QED) is 0.612. The van der Waals surface area contributed by atoms with Crippen LogP contribution in [0.1, 0.15) is 19.8 Å². The Balaban J connectivity index is 3.83. The van der Waals surface area contributed by atoms with E-state index in [0.29, 0.717) is 12.6 Å². The first kappa shape index (κ1) is 11.2. The van der Waals surface area contributed by atoms with Gasteiger partial charge in [0.25, 0.3) is 0 Å². The molecule has 70 valence electrons. The van der Waals surface area contributed by atoms with Gasteiger partial charge in [-0.15, -0.1) is 6.58 Å². The van der Waals surface area contributed by atoms with Crippen LogP contribution in [0.5, 0.6) is 0 Å². The largest absolute Gasteiger partial charge is 0.374 e. The Hall–Kier alpha value is -0.760. The highest BCUT2D eigenvalue weighted by atomic mass is 15.1. The van der Waals surface area contributed by atoms with Gasteiger partial charge in [-0.3, -0.25) is 0 Å². The van der Waals surface area contributed by atoms with Crippen molar-refractivity contribution in [1.82, 2.24) is 4.90 Å². The molecule has 0 aromatic heterocycles. The van der Waals surface area contributed by atoms with Gasteiger partial charge in [0.2, 0.25) is 0 Å². The molecule has 12 heavy (non-hydrogen) atoms. The van der Waals surface area contributed by atoms with Crippen molar-refractivity contribution >= 4 is 0 Å². The van der Waals surface area contributed by atoms with E-state index in [-0.39, 0.29) is 0 Å². The molecule has 0 saturated heterocycles. The lowest BCUT2D eigenvalue weighted by atomic mass is 10.2. The molecular weight excluding hydrogens is 148 g/mol. The zero-order chi connectivity index (χ0) is 9.56. The fraction of sp³-hybridized carbons (Fsp3) is 0.600. The molecule has 0 bridgehead atoms. The second-order valence-corrected chi connectivity index (χ2v) is 3.09. The first-order valence-corrected chi connectivity index (χ1v) is 4.35. The van der Waals surface area contributed by atoms with Crippen molar-refractivity contribution in [2.75, 3.05) is 13.6 Å². The van der Waals surface area contributed by atoms with Crippen LogP contribution in [0.25, 0.3) is 0 Å². The summed E-state index contributed by atoms with van der Waals surface area (Å²) < 4.78 is 0. The maximum Gasteiger partial charge on any atom is 0.0377 e.